The quantitative estimate of drug-likeness (QED) is 0.645. The summed E-state index contributed by atoms with van der Waals surface area (Å²) in [7, 11) is 1.55. The number of rotatable bonds is 3. The number of nitrogen functional groups attached to an aromatic ring is 1. The van der Waals surface area contributed by atoms with Gasteiger partial charge >= 0.3 is 0 Å². The molecular formula is C16H15N3O2. The maximum absolute atomic E-state index is 12.3. The zero-order valence-electron chi connectivity index (χ0n) is 11.5. The maximum atomic E-state index is 12.3. The van der Waals surface area contributed by atoms with Crippen LogP contribution in [0, 0.1) is 0 Å². The molecule has 1 aromatic heterocycles. The molecule has 1 amide bonds. The molecule has 0 bridgehead atoms. The topological polar surface area (TPSA) is 80.1 Å². The Kier molecular flexibility index (Phi) is 3.23. The van der Waals surface area contributed by atoms with E-state index in [0.717, 1.165) is 10.9 Å². The normalized spacial score (nSPS) is 10.5. The van der Waals surface area contributed by atoms with Crippen molar-refractivity contribution in [3.63, 3.8) is 0 Å². The van der Waals surface area contributed by atoms with E-state index in [-0.39, 0.29) is 5.91 Å². The third-order valence-corrected chi connectivity index (χ3v) is 3.32. The molecule has 106 valence electrons. The van der Waals surface area contributed by atoms with Gasteiger partial charge in [-0.05, 0) is 42.5 Å². The molecule has 0 aliphatic rings. The Labute approximate surface area is 121 Å². The van der Waals surface area contributed by atoms with Crippen molar-refractivity contribution in [1.82, 2.24) is 4.98 Å². The fourth-order valence-electron chi connectivity index (χ4n) is 2.19. The number of ether oxygens (including phenoxy) is 1. The number of nitrogens with one attached hydrogen (secondary N) is 2. The Morgan fingerprint density at radius 3 is 2.86 bits per heavy atom. The van der Waals surface area contributed by atoms with E-state index in [9.17, 15) is 4.79 Å². The molecule has 5 nitrogen and oxygen atoms in total. The predicted octanol–water partition coefficient (Wildman–Crippen LogP) is 3.01. The summed E-state index contributed by atoms with van der Waals surface area (Å²) >= 11 is 0. The molecule has 0 unspecified atom stereocenters. The van der Waals surface area contributed by atoms with Crippen LogP contribution in [0.25, 0.3) is 10.9 Å². The van der Waals surface area contributed by atoms with Crippen LogP contribution >= 0.6 is 0 Å². The Hall–Kier alpha value is -2.95. The van der Waals surface area contributed by atoms with Crippen molar-refractivity contribution in [2.24, 2.45) is 0 Å². The average molecular weight is 281 g/mol. The van der Waals surface area contributed by atoms with Crippen LogP contribution in [0.3, 0.4) is 0 Å². The second-order valence-electron chi connectivity index (χ2n) is 4.69. The van der Waals surface area contributed by atoms with Gasteiger partial charge in [-0.2, -0.15) is 0 Å². The van der Waals surface area contributed by atoms with Crippen molar-refractivity contribution in [1.29, 1.82) is 0 Å². The van der Waals surface area contributed by atoms with E-state index in [1.165, 1.54) is 0 Å². The highest BCUT2D eigenvalue weighted by Crippen LogP contribution is 2.22. The van der Waals surface area contributed by atoms with Gasteiger partial charge in [-0.15, -0.1) is 0 Å². The van der Waals surface area contributed by atoms with Crippen molar-refractivity contribution in [2.75, 3.05) is 18.2 Å². The van der Waals surface area contributed by atoms with Crippen LogP contribution in [0.4, 0.5) is 11.4 Å². The van der Waals surface area contributed by atoms with Crippen LogP contribution in [0.2, 0.25) is 0 Å². The minimum atomic E-state index is -0.263. The second kappa shape index (κ2) is 5.20. The molecule has 21 heavy (non-hydrogen) atoms. The first-order valence-corrected chi connectivity index (χ1v) is 6.49. The number of benzene rings is 2. The predicted molar refractivity (Wildman–Crippen MR) is 83.7 cm³/mol. The van der Waals surface area contributed by atoms with Crippen molar-refractivity contribution in [3.05, 3.63) is 54.2 Å². The number of carbonyl (C=O) groups excluding carboxylic acids is 1. The number of carbonyl (C=O) groups is 1. The Morgan fingerprint density at radius 2 is 2.05 bits per heavy atom. The van der Waals surface area contributed by atoms with Crippen LogP contribution in [-0.4, -0.2) is 18.0 Å². The molecular weight excluding hydrogens is 266 g/mol. The largest absolute Gasteiger partial charge is 0.497 e. The SMILES string of the molecule is COc1ccc(N)c(C(=O)Nc2ccc3[nH]ccc3c2)c1. The standard InChI is InChI=1S/C16H15N3O2/c1-21-12-3-4-14(17)13(9-12)16(20)19-11-2-5-15-10(8-11)6-7-18-15/h2-9,18H,17H2,1H3,(H,19,20). The number of hydrogen-bond acceptors (Lipinski definition) is 3. The van der Waals surface area contributed by atoms with E-state index in [1.54, 1.807) is 25.3 Å². The first-order chi connectivity index (χ1) is 10.2. The van der Waals surface area contributed by atoms with Gasteiger partial charge in [-0.25, -0.2) is 0 Å². The molecule has 1 heterocycles. The monoisotopic (exact) mass is 281 g/mol. The summed E-state index contributed by atoms with van der Waals surface area (Å²) in [5.74, 6) is 0.330. The number of hydrogen-bond donors (Lipinski definition) is 3. The van der Waals surface area contributed by atoms with Crippen LogP contribution in [0.5, 0.6) is 5.75 Å². The summed E-state index contributed by atoms with van der Waals surface area (Å²) in [6.45, 7) is 0. The minimum Gasteiger partial charge on any atom is -0.497 e. The van der Waals surface area contributed by atoms with E-state index in [0.29, 0.717) is 22.7 Å². The van der Waals surface area contributed by atoms with Crippen LogP contribution < -0.4 is 15.8 Å². The highest BCUT2D eigenvalue weighted by Gasteiger charge is 2.11. The van der Waals surface area contributed by atoms with Gasteiger partial charge < -0.3 is 20.8 Å². The lowest BCUT2D eigenvalue weighted by atomic mass is 10.1. The summed E-state index contributed by atoms with van der Waals surface area (Å²) in [6.07, 6.45) is 1.86. The van der Waals surface area contributed by atoms with Gasteiger partial charge in [0.15, 0.2) is 0 Å². The van der Waals surface area contributed by atoms with Gasteiger partial charge in [0.05, 0.1) is 12.7 Å². The lowest BCUT2D eigenvalue weighted by Gasteiger charge is -2.09. The minimum absolute atomic E-state index is 0.263. The number of aromatic amines is 1. The van der Waals surface area contributed by atoms with Gasteiger partial charge in [0.25, 0.3) is 5.91 Å². The number of amides is 1. The van der Waals surface area contributed by atoms with E-state index < -0.39 is 0 Å². The molecule has 0 atom stereocenters. The van der Waals surface area contributed by atoms with Gasteiger partial charge in [-0.3, -0.25) is 4.79 Å². The lowest BCUT2D eigenvalue weighted by Crippen LogP contribution is -2.14. The van der Waals surface area contributed by atoms with Gasteiger partial charge in [0, 0.05) is 28.5 Å². The smallest absolute Gasteiger partial charge is 0.257 e. The molecule has 0 spiro atoms. The summed E-state index contributed by atoms with van der Waals surface area (Å²) in [5, 5.41) is 3.88. The highest BCUT2D eigenvalue weighted by molar-refractivity contribution is 6.08. The Bertz CT molecular complexity index is 808. The molecule has 3 aromatic rings. The number of fused-ring (bicyclic) bond motifs is 1. The molecule has 0 fully saturated rings. The number of methoxy groups -OCH3 is 1. The van der Waals surface area contributed by atoms with E-state index in [4.69, 9.17) is 10.5 Å². The van der Waals surface area contributed by atoms with Crippen molar-refractivity contribution in [2.45, 2.75) is 0 Å². The number of nitrogens with two attached hydrogens (primary N) is 1. The van der Waals surface area contributed by atoms with E-state index in [2.05, 4.69) is 10.3 Å². The second-order valence-corrected chi connectivity index (χ2v) is 4.69. The molecule has 3 rings (SSSR count). The first-order valence-electron chi connectivity index (χ1n) is 6.49. The third-order valence-electron chi connectivity index (χ3n) is 3.32. The van der Waals surface area contributed by atoms with Crippen molar-refractivity contribution < 1.29 is 9.53 Å². The lowest BCUT2D eigenvalue weighted by molar-refractivity contribution is 0.102. The van der Waals surface area contributed by atoms with Crippen LogP contribution in [-0.2, 0) is 0 Å². The zero-order chi connectivity index (χ0) is 14.8. The molecule has 5 heteroatoms. The molecule has 0 saturated heterocycles. The average Bonchev–Trinajstić information content (AvgIpc) is 2.95. The summed E-state index contributed by atoms with van der Waals surface area (Å²) in [4.78, 5) is 15.4. The van der Waals surface area contributed by atoms with Crippen LogP contribution in [0.15, 0.2) is 48.7 Å². The molecule has 4 N–H and O–H groups in total. The van der Waals surface area contributed by atoms with Crippen molar-refractivity contribution in [3.8, 4) is 5.75 Å². The third kappa shape index (κ3) is 2.53. The Balaban J connectivity index is 1.88. The van der Waals surface area contributed by atoms with Crippen LogP contribution in [0.1, 0.15) is 10.4 Å². The summed E-state index contributed by atoms with van der Waals surface area (Å²) in [6, 6.07) is 12.6. The molecule has 2 aromatic carbocycles. The number of aromatic nitrogens is 1. The van der Waals surface area contributed by atoms with Gasteiger partial charge in [0.2, 0.25) is 0 Å². The number of anilines is 2. The number of H-pyrrole nitrogens is 1. The summed E-state index contributed by atoms with van der Waals surface area (Å²) in [5.41, 5.74) is 8.40. The highest BCUT2D eigenvalue weighted by atomic mass is 16.5. The zero-order valence-corrected chi connectivity index (χ0v) is 11.5. The summed E-state index contributed by atoms with van der Waals surface area (Å²) < 4.78 is 5.12. The first kappa shape index (κ1) is 13.1. The van der Waals surface area contributed by atoms with Gasteiger partial charge in [0.1, 0.15) is 5.75 Å². The van der Waals surface area contributed by atoms with Crippen molar-refractivity contribution >= 4 is 28.2 Å². The molecule has 0 aliphatic carbocycles. The fraction of sp³-hybridized carbons (Fsp3) is 0.0625. The van der Waals surface area contributed by atoms with Gasteiger partial charge in [-0.1, -0.05) is 0 Å². The van der Waals surface area contributed by atoms with E-state index in [1.807, 2.05) is 30.5 Å². The van der Waals surface area contributed by atoms with E-state index >= 15 is 0 Å². The molecule has 0 aliphatic heterocycles. The maximum Gasteiger partial charge on any atom is 0.257 e. The molecule has 0 radical (unpaired) electrons. The molecule has 0 saturated carbocycles. The fourth-order valence-corrected chi connectivity index (χ4v) is 2.19. The Morgan fingerprint density at radius 1 is 1.19 bits per heavy atom.